The van der Waals surface area contributed by atoms with E-state index >= 15 is 0 Å². The van der Waals surface area contributed by atoms with Gasteiger partial charge in [-0.1, -0.05) is 30.3 Å². The van der Waals surface area contributed by atoms with Gasteiger partial charge < -0.3 is 11.1 Å². The average Bonchev–Trinajstić information content (AvgIpc) is 2.78. The first-order valence-corrected chi connectivity index (χ1v) is 9.57. The van der Waals surface area contributed by atoms with E-state index in [0.29, 0.717) is 28.3 Å². The Bertz CT molecular complexity index is 1320. The van der Waals surface area contributed by atoms with Crippen LogP contribution >= 0.6 is 0 Å². The number of anilines is 2. The van der Waals surface area contributed by atoms with E-state index in [2.05, 4.69) is 20.3 Å². The zero-order valence-corrected chi connectivity index (χ0v) is 16.7. The van der Waals surface area contributed by atoms with Gasteiger partial charge >= 0.3 is 0 Å². The molecule has 3 aromatic heterocycles. The first kappa shape index (κ1) is 19.9. The number of fused-ring (bicyclic) bond motifs is 1. The fourth-order valence-corrected chi connectivity index (χ4v) is 3.13. The number of aromatic nitrogens is 3. The highest BCUT2D eigenvalue weighted by Crippen LogP contribution is 2.28. The van der Waals surface area contributed by atoms with E-state index in [1.807, 2.05) is 25.1 Å². The van der Waals surface area contributed by atoms with E-state index in [9.17, 15) is 9.59 Å². The third-order valence-corrected chi connectivity index (χ3v) is 4.76. The number of aryl methyl sites for hydroxylation is 1. The predicted octanol–water partition coefficient (Wildman–Crippen LogP) is 3.96. The number of pyridine rings is 3. The number of nitrogens with zero attached hydrogens (tertiary/aromatic N) is 3. The fourth-order valence-electron chi connectivity index (χ4n) is 3.13. The Morgan fingerprint density at radius 3 is 2.61 bits per heavy atom. The molecule has 7 nitrogen and oxygen atoms in total. The van der Waals surface area contributed by atoms with Crippen molar-refractivity contribution in [2.45, 2.75) is 6.92 Å². The molecule has 152 valence electrons. The molecule has 3 N–H and O–H groups in total. The molecule has 0 aliphatic heterocycles. The van der Waals surface area contributed by atoms with Crippen LogP contribution in [0.5, 0.6) is 0 Å². The summed E-state index contributed by atoms with van der Waals surface area (Å²) >= 11 is 0. The lowest BCUT2D eigenvalue weighted by Crippen LogP contribution is -2.10. The van der Waals surface area contributed by atoms with Gasteiger partial charge in [-0.3, -0.25) is 14.6 Å². The molecule has 3 heterocycles. The second kappa shape index (κ2) is 8.54. The fraction of sp³-hybridized carbons (Fsp3) is 0.0417. The van der Waals surface area contributed by atoms with Crippen LogP contribution in [0, 0.1) is 6.92 Å². The topological polar surface area (TPSA) is 111 Å². The monoisotopic (exact) mass is 409 g/mol. The molecule has 0 atom stereocenters. The summed E-state index contributed by atoms with van der Waals surface area (Å²) in [6.07, 6.45) is 7.44. The maximum Gasteiger partial charge on any atom is 0.249 e. The molecule has 0 saturated carbocycles. The zero-order chi connectivity index (χ0) is 21.8. The van der Waals surface area contributed by atoms with Gasteiger partial charge in [0.2, 0.25) is 5.91 Å². The first-order chi connectivity index (χ1) is 15.0. The Morgan fingerprint density at radius 1 is 1.03 bits per heavy atom. The number of hydrogen-bond acceptors (Lipinski definition) is 6. The van der Waals surface area contributed by atoms with E-state index in [1.165, 1.54) is 12.2 Å². The van der Waals surface area contributed by atoms with Gasteiger partial charge in [0, 0.05) is 41.2 Å². The summed E-state index contributed by atoms with van der Waals surface area (Å²) in [5.41, 5.74) is 9.22. The Kier molecular flexibility index (Phi) is 5.49. The van der Waals surface area contributed by atoms with E-state index in [4.69, 9.17) is 5.73 Å². The molecule has 4 rings (SSSR count). The largest absolute Gasteiger partial charge is 0.383 e. The van der Waals surface area contributed by atoms with Crippen LogP contribution in [-0.2, 0) is 4.79 Å². The van der Waals surface area contributed by atoms with Crippen molar-refractivity contribution in [3.63, 3.8) is 0 Å². The van der Waals surface area contributed by atoms with E-state index in [-0.39, 0.29) is 5.78 Å². The number of allylic oxidation sites excluding steroid dienone is 1. The second-order valence-corrected chi connectivity index (χ2v) is 6.93. The molecule has 7 heteroatoms. The van der Waals surface area contributed by atoms with Crippen molar-refractivity contribution in [2.75, 3.05) is 11.1 Å². The Hall–Kier alpha value is -4.39. The highest BCUT2D eigenvalue weighted by atomic mass is 16.1. The van der Waals surface area contributed by atoms with Gasteiger partial charge in [0.25, 0.3) is 0 Å². The van der Waals surface area contributed by atoms with Gasteiger partial charge in [0.15, 0.2) is 5.78 Å². The van der Waals surface area contributed by atoms with Crippen molar-refractivity contribution in [3.05, 3.63) is 90.4 Å². The summed E-state index contributed by atoms with van der Waals surface area (Å²) in [5, 5.41) is 4.13. The zero-order valence-electron chi connectivity index (χ0n) is 16.7. The molecule has 0 radical (unpaired) electrons. The van der Waals surface area contributed by atoms with E-state index in [0.717, 1.165) is 16.5 Å². The number of nitrogen functional groups attached to an aromatic ring is 1. The van der Waals surface area contributed by atoms with Crippen LogP contribution in [0.2, 0.25) is 0 Å². The molecule has 0 bridgehead atoms. The van der Waals surface area contributed by atoms with Crippen LogP contribution in [-0.4, -0.2) is 26.6 Å². The quantitative estimate of drug-likeness (QED) is 0.381. The standard InChI is InChI=1S/C24H19N5O2/c1-15-9-10-26-13-18(15)20-11-17-12-22(27-14-19(17)24(25)28-20)29-23(31)8-7-21(30)16-5-3-2-4-6-16/h2-14H,1H3,(H2,25,28)(H,27,29,31)/b8-7-. The van der Waals surface area contributed by atoms with Gasteiger partial charge in [-0.05, 0) is 42.1 Å². The number of hydrogen-bond donors (Lipinski definition) is 2. The van der Waals surface area contributed by atoms with Crippen molar-refractivity contribution in [3.8, 4) is 11.3 Å². The second-order valence-electron chi connectivity index (χ2n) is 6.93. The van der Waals surface area contributed by atoms with Crippen molar-refractivity contribution in [1.29, 1.82) is 0 Å². The molecule has 0 unspecified atom stereocenters. The molecule has 0 spiro atoms. The molecule has 0 saturated heterocycles. The normalized spacial score (nSPS) is 11.0. The molecular weight excluding hydrogens is 390 g/mol. The molecule has 31 heavy (non-hydrogen) atoms. The molecular formula is C24H19N5O2. The maximum absolute atomic E-state index is 12.2. The van der Waals surface area contributed by atoms with Gasteiger partial charge in [0.1, 0.15) is 11.6 Å². The minimum atomic E-state index is -0.457. The molecule has 0 aliphatic carbocycles. The third-order valence-electron chi connectivity index (χ3n) is 4.76. The Morgan fingerprint density at radius 2 is 1.84 bits per heavy atom. The Balaban J connectivity index is 1.57. The highest BCUT2D eigenvalue weighted by Gasteiger charge is 2.10. The summed E-state index contributed by atoms with van der Waals surface area (Å²) in [4.78, 5) is 37.2. The summed E-state index contributed by atoms with van der Waals surface area (Å²) in [6.45, 7) is 1.97. The van der Waals surface area contributed by atoms with Crippen molar-refractivity contribution >= 4 is 34.1 Å². The number of rotatable bonds is 5. The summed E-state index contributed by atoms with van der Waals surface area (Å²) < 4.78 is 0. The van der Waals surface area contributed by atoms with Gasteiger partial charge in [-0.2, -0.15) is 0 Å². The van der Waals surface area contributed by atoms with Crippen LogP contribution in [0.3, 0.4) is 0 Å². The molecule has 1 amide bonds. The van der Waals surface area contributed by atoms with Crippen molar-refractivity contribution in [1.82, 2.24) is 15.0 Å². The number of amides is 1. The summed E-state index contributed by atoms with van der Waals surface area (Å²) in [5.74, 6) is -0.0257. The van der Waals surface area contributed by atoms with Crippen LogP contribution < -0.4 is 11.1 Å². The van der Waals surface area contributed by atoms with Gasteiger partial charge in [-0.15, -0.1) is 0 Å². The molecule has 1 aromatic carbocycles. The highest BCUT2D eigenvalue weighted by molar-refractivity contribution is 6.10. The molecule has 4 aromatic rings. The lowest BCUT2D eigenvalue weighted by molar-refractivity contribution is -0.111. The Labute approximate surface area is 178 Å². The number of carbonyl (C=O) groups excluding carboxylic acids is 2. The number of nitrogens with one attached hydrogen (secondary N) is 1. The number of ketones is 1. The van der Waals surface area contributed by atoms with Gasteiger partial charge in [-0.25, -0.2) is 9.97 Å². The summed E-state index contributed by atoms with van der Waals surface area (Å²) in [7, 11) is 0. The van der Waals surface area contributed by atoms with Gasteiger partial charge in [0.05, 0.1) is 5.69 Å². The number of benzene rings is 1. The lowest BCUT2D eigenvalue weighted by Gasteiger charge is -2.09. The average molecular weight is 409 g/mol. The number of nitrogens with two attached hydrogens (primary N) is 1. The van der Waals surface area contributed by atoms with Crippen LogP contribution in [0.15, 0.2) is 79.3 Å². The van der Waals surface area contributed by atoms with E-state index in [1.54, 1.807) is 48.9 Å². The minimum Gasteiger partial charge on any atom is -0.383 e. The van der Waals surface area contributed by atoms with E-state index < -0.39 is 5.91 Å². The van der Waals surface area contributed by atoms with Crippen LogP contribution in [0.4, 0.5) is 11.6 Å². The van der Waals surface area contributed by atoms with Crippen LogP contribution in [0.1, 0.15) is 15.9 Å². The lowest BCUT2D eigenvalue weighted by atomic mass is 10.1. The smallest absolute Gasteiger partial charge is 0.249 e. The maximum atomic E-state index is 12.2. The SMILES string of the molecule is Cc1ccncc1-c1cc2cc(NC(=O)/C=C\C(=O)c3ccccc3)ncc2c(N)n1. The van der Waals surface area contributed by atoms with Crippen LogP contribution in [0.25, 0.3) is 22.0 Å². The van der Waals surface area contributed by atoms with Crippen molar-refractivity contribution in [2.24, 2.45) is 0 Å². The number of carbonyl (C=O) groups is 2. The van der Waals surface area contributed by atoms with Crippen molar-refractivity contribution < 1.29 is 9.59 Å². The molecule has 0 fully saturated rings. The third kappa shape index (κ3) is 4.45. The molecule has 0 aliphatic rings. The predicted molar refractivity (Wildman–Crippen MR) is 120 cm³/mol. The minimum absolute atomic E-state index is 0.252. The summed E-state index contributed by atoms with van der Waals surface area (Å²) in [6, 6.07) is 14.2. The first-order valence-electron chi connectivity index (χ1n) is 9.57.